The second-order valence-electron chi connectivity index (χ2n) is 9.85. The normalized spacial score (nSPS) is 11.1. The van der Waals surface area contributed by atoms with Crippen molar-refractivity contribution < 1.29 is 19.7 Å². The first-order valence-electron chi connectivity index (χ1n) is 14.5. The van der Waals surface area contributed by atoms with E-state index in [0.717, 1.165) is 63.2 Å². The fourth-order valence-corrected chi connectivity index (χ4v) is 4.42. The Bertz CT molecular complexity index is 676. The minimum absolute atomic E-state index is 0.328. The van der Waals surface area contributed by atoms with E-state index in [0.29, 0.717) is 13.2 Å². The topological polar surface area (TPSA) is 58.9 Å². The predicted octanol–water partition coefficient (Wildman–Crippen LogP) is 8.34. The van der Waals surface area contributed by atoms with Crippen molar-refractivity contribution in [2.24, 2.45) is 0 Å². The average Bonchev–Trinajstić information content (AvgIpc) is 2.91. The van der Waals surface area contributed by atoms with Crippen LogP contribution in [-0.4, -0.2) is 36.6 Å². The summed E-state index contributed by atoms with van der Waals surface area (Å²) >= 11 is 0. The molecule has 4 heteroatoms. The van der Waals surface area contributed by atoms with Gasteiger partial charge in [-0.05, 0) is 61.1 Å². The first-order valence-corrected chi connectivity index (χ1v) is 14.5. The summed E-state index contributed by atoms with van der Waals surface area (Å²) in [6.07, 6.45) is 19.0. The molecule has 0 fully saturated rings. The van der Waals surface area contributed by atoms with E-state index in [4.69, 9.17) is 19.7 Å². The maximum Gasteiger partial charge on any atom is 0.119 e. The van der Waals surface area contributed by atoms with Crippen molar-refractivity contribution in [1.82, 2.24) is 0 Å². The number of ether oxygens (including phenoxy) is 2. The SMILES string of the molecule is OCCCCCCCCCCOc1ccc(-c2ccc(OCCCCCCCCCCO)cc2)cc1. The van der Waals surface area contributed by atoms with Crippen molar-refractivity contribution in [3.8, 4) is 22.6 Å². The molecule has 0 atom stereocenters. The molecular weight excluding hydrogens is 448 g/mol. The molecule has 4 nitrogen and oxygen atoms in total. The zero-order valence-electron chi connectivity index (χ0n) is 22.5. The van der Waals surface area contributed by atoms with Gasteiger partial charge in [0, 0.05) is 13.2 Å². The molecule has 0 bridgehead atoms. The van der Waals surface area contributed by atoms with Gasteiger partial charge in [-0.3, -0.25) is 0 Å². The van der Waals surface area contributed by atoms with Crippen molar-refractivity contribution in [3.63, 3.8) is 0 Å². The quantitative estimate of drug-likeness (QED) is 0.151. The van der Waals surface area contributed by atoms with Gasteiger partial charge in [0.1, 0.15) is 11.5 Å². The first kappa shape index (κ1) is 30.2. The highest BCUT2D eigenvalue weighted by atomic mass is 16.5. The number of benzene rings is 2. The number of hydrogen-bond donors (Lipinski definition) is 2. The Kier molecular flexibility index (Phi) is 17.7. The van der Waals surface area contributed by atoms with Crippen LogP contribution in [0.25, 0.3) is 11.1 Å². The molecule has 0 aliphatic heterocycles. The van der Waals surface area contributed by atoms with Crippen LogP contribution >= 0.6 is 0 Å². The third-order valence-electron chi connectivity index (χ3n) is 6.68. The Morgan fingerprint density at radius 3 is 0.944 bits per heavy atom. The molecule has 2 aromatic carbocycles. The average molecular weight is 499 g/mol. The molecule has 0 heterocycles. The number of unbranched alkanes of at least 4 members (excludes halogenated alkanes) is 14. The number of rotatable bonds is 23. The second kappa shape index (κ2) is 21.1. The minimum Gasteiger partial charge on any atom is -0.494 e. The van der Waals surface area contributed by atoms with E-state index in [1.807, 2.05) is 0 Å². The van der Waals surface area contributed by atoms with Gasteiger partial charge in [0.15, 0.2) is 0 Å². The molecule has 0 spiro atoms. The van der Waals surface area contributed by atoms with Crippen LogP contribution in [-0.2, 0) is 0 Å². The lowest BCUT2D eigenvalue weighted by atomic mass is 10.1. The Hall–Kier alpha value is -2.04. The van der Waals surface area contributed by atoms with Gasteiger partial charge in [-0.1, -0.05) is 101 Å². The molecule has 0 aliphatic rings. The summed E-state index contributed by atoms with van der Waals surface area (Å²) < 4.78 is 11.8. The van der Waals surface area contributed by atoms with Crippen molar-refractivity contribution >= 4 is 0 Å². The van der Waals surface area contributed by atoms with Gasteiger partial charge < -0.3 is 19.7 Å². The van der Waals surface area contributed by atoms with Gasteiger partial charge in [-0.25, -0.2) is 0 Å². The summed E-state index contributed by atoms with van der Waals surface area (Å²) in [4.78, 5) is 0. The summed E-state index contributed by atoms with van der Waals surface area (Å²) in [6.45, 7) is 2.21. The van der Waals surface area contributed by atoms with Gasteiger partial charge in [-0.2, -0.15) is 0 Å². The molecular formula is C32H50O4. The maximum atomic E-state index is 8.79. The fourth-order valence-electron chi connectivity index (χ4n) is 4.42. The number of hydrogen-bond acceptors (Lipinski definition) is 4. The summed E-state index contributed by atoms with van der Waals surface area (Å²) in [5.41, 5.74) is 2.38. The van der Waals surface area contributed by atoms with E-state index in [2.05, 4.69) is 48.5 Å². The molecule has 0 aliphatic carbocycles. The van der Waals surface area contributed by atoms with Crippen molar-refractivity contribution in [1.29, 1.82) is 0 Å². The van der Waals surface area contributed by atoms with Crippen LogP contribution in [0.4, 0.5) is 0 Å². The Labute approximate surface area is 220 Å². The lowest BCUT2D eigenvalue weighted by molar-refractivity contribution is 0.281. The molecule has 0 saturated carbocycles. The van der Waals surface area contributed by atoms with Gasteiger partial charge in [-0.15, -0.1) is 0 Å². The highest BCUT2D eigenvalue weighted by Crippen LogP contribution is 2.25. The van der Waals surface area contributed by atoms with Crippen molar-refractivity contribution in [2.75, 3.05) is 26.4 Å². The third kappa shape index (κ3) is 14.5. The minimum atomic E-state index is 0.328. The second-order valence-corrected chi connectivity index (χ2v) is 9.85. The van der Waals surface area contributed by atoms with E-state index >= 15 is 0 Å². The number of aliphatic hydroxyl groups excluding tert-OH is 2. The van der Waals surface area contributed by atoms with E-state index < -0.39 is 0 Å². The summed E-state index contributed by atoms with van der Waals surface area (Å²) in [5, 5.41) is 17.6. The lowest BCUT2D eigenvalue weighted by Gasteiger charge is -2.09. The monoisotopic (exact) mass is 498 g/mol. The molecule has 2 N–H and O–H groups in total. The fraction of sp³-hybridized carbons (Fsp3) is 0.625. The van der Waals surface area contributed by atoms with Crippen LogP contribution in [0.1, 0.15) is 103 Å². The molecule has 0 saturated heterocycles. The van der Waals surface area contributed by atoms with E-state index in [9.17, 15) is 0 Å². The molecule has 0 radical (unpaired) electrons. The maximum absolute atomic E-state index is 8.79. The smallest absolute Gasteiger partial charge is 0.119 e. The van der Waals surface area contributed by atoms with Gasteiger partial charge in [0.05, 0.1) is 13.2 Å². The zero-order valence-corrected chi connectivity index (χ0v) is 22.5. The lowest BCUT2D eigenvalue weighted by Crippen LogP contribution is -1.97. The molecule has 0 amide bonds. The van der Waals surface area contributed by atoms with E-state index in [1.54, 1.807) is 0 Å². The van der Waals surface area contributed by atoms with Crippen LogP contribution in [0.2, 0.25) is 0 Å². The standard InChI is InChI=1S/C32H50O4/c33-25-13-9-5-1-3-7-11-15-27-35-31-21-17-29(18-22-31)30-19-23-32(24-20-30)36-28-16-12-8-4-2-6-10-14-26-34/h17-24,33-34H,1-16,25-28H2. The Morgan fingerprint density at radius 1 is 0.361 bits per heavy atom. The molecule has 2 rings (SSSR count). The third-order valence-corrected chi connectivity index (χ3v) is 6.68. The first-order chi connectivity index (χ1) is 17.8. The molecule has 202 valence electrons. The molecule has 0 aromatic heterocycles. The van der Waals surface area contributed by atoms with Crippen LogP contribution in [0, 0.1) is 0 Å². The van der Waals surface area contributed by atoms with Crippen LogP contribution in [0.5, 0.6) is 11.5 Å². The van der Waals surface area contributed by atoms with Crippen LogP contribution < -0.4 is 9.47 Å². The highest BCUT2D eigenvalue weighted by molar-refractivity contribution is 5.64. The highest BCUT2D eigenvalue weighted by Gasteiger charge is 2.01. The van der Waals surface area contributed by atoms with Crippen LogP contribution in [0.15, 0.2) is 48.5 Å². The van der Waals surface area contributed by atoms with Crippen molar-refractivity contribution in [2.45, 2.75) is 103 Å². The predicted molar refractivity (Wildman–Crippen MR) is 151 cm³/mol. The number of aliphatic hydroxyl groups is 2. The van der Waals surface area contributed by atoms with E-state index in [-0.39, 0.29) is 0 Å². The Morgan fingerprint density at radius 2 is 0.639 bits per heavy atom. The summed E-state index contributed by atoms with van der Waals surface area (Å²) in [5.74, 6) is 1.88. The van der Waals surface area contributed by atoms with Crippen molar-refractivity contribution in [3.05, 3.63) is 48.5 Å². The van der Waals surface area contributed by atoms with Gasteiger partial charge in [0.25, 0.3) is 0 Å². The molecule has 36 heavy (non-hydrogen) atoms. The molecule has 2 aromatic rings. The van der Waals surface area contributed by atoms with Crippen LogP contribution in [0.3, 0.4) is 0 Å². The molecule has 0 unspecified atom stereocenters. The van der Waals surface area contributed by atoms with Gasteiger partial charge >= 0.3 is 0 Å². The Balaban J connectivity index is 1.53. The van der Waals surface area contributed by atoms with E-state index in [1.165, 1.54) is 75.3 Å². The zero-order chi connectivity index (χ0) is 25.5. The summed E-state index contributed by atoms with van der Waals surface area (Å²) in [6, 6.07) is 16.8. The summed E-state index contributed by atoms with van der Waals surface area (Å²) in [7, 11) is 0. The van der Waals surface area contributed by atoms with Gasteiger partial charge in [0.2, 0.25) is 0 Å². The largest absolute Gasteiger partial charge is 0.494 e.